The van der Waals surface area contributed by atoms with E-state index >= 15 is 0 Å². The fourth-order valence-corrected chi connectivity index (χ4v) is 1.99. The Labute approximate surface area is 85.6 Å². The van der Waals surface area contributed by atoms with Crippen LogP contribution in [0.2, 0.25) is 0 Å². The van der Waals surface area contributed by atoms with Gasteiger partial charge in [-0.1, -0.05) is 6.07 Å². The predicted molar refractivity (Wildman–Crippen MR) is 55.3 cm³/mol. The zero-order valence-corrected chi connectivity index (χ0v) is 8.53. The van der Waals surface area contributed by atoms with Crippen molar-refractivity contribution in [3.05, 3.63) is 40.1 Å². The van der Waals surface area contributed by atoms with Crippen LogP contribution in [-0.4, -0.2) is 9.97 Å². The largest absolute Gasteiger partial charge is 0.345 e. The van der Waals surface area contributed by atoms with Gasteiger partial charge in [-0.25, -0.2) is 4.98 Å². The van der Waals surface area contributed by atoms with Crippen LogP contribution in [0.3, 0.4) is 0 Å². The fourth-order valence-electron chi connectivity index (χ4n) is 1.14. The Morgan fingerprint density at radius 2 is 2.46 bits per heavy atom. The number of hydrogen-bond acceptors (Lipinski definition) is 2. The van der Waals surface area contributed by atoms with E-state index in [1.165, 1.54) is 4.88 Å². The van der Waals surface area contributed by atoms with Crippen molar-refractivity contribution < 1.29 is 0 Å². The number of alkyl halides is 1. The lowest BCUT2D eigenvalue weighted by molar-refractivity contribution is 1.03. The summed E-state index contributed by atoms with van der Waals surface area (Å²) in [5, 5.41) is 2.07. The quantitative estimate of drug-likeness (QED) is 0.779. The molecule has 2 aromatic heterocycles. The van der Waals surface area contributed by atoms with E-state index < -0.39 is 0 Å². The van der Waals surface area contributed by atoms with Gasteiger partial charge in [-0.05, 0) is 11.4 Å². The molecule has 68 valence electrons. The minimum absolute atomic E-state index is 0.497. The first kappa shape index (κ1) is 8.78. The van der Waals surface area contributed by atoms with E-state index in [2.05, 4.69) is 21.4 Å². The summed E-state index contributed by atoms with van der Waals surface area (Å²) in [5.74, 6) is 1.48. The lowest BCUT2D eigenvalue weighted by Crippen LogP contribution is -1.87. The molecule has 0 aliphatic rings. The predicted octanol–water partition coefficient (Wildman–Crippen LogP) is 2.80. The summed E-state index contributed by atoms with van der Waals surface area (Å²) in [6, 6.07) is 4.15. The van der Waals surface area contributed by atoms with Gasteiger partial charge < -0.3 is 4.98 Å². The number of aromatic amines is 1. The topological polar surface area (TPSA) is 28.7 Å². The summed E-state index contributed by atoms with van der Waals surface area (Å²) in [6.45, 7) is 0. The third kappa shape index (κ3) is 2.11. The second-order valence-corrected chi connectivity index (χ2v) is 4.04. The van der Waals surface area contributed by atoms with Crippen molar-refractivity contribution in [1.29, 1.82) is 0 Å². The Balaban J connectivity index is 2.10. The molecule has 0 saturated heterocycles. The van der Waals surface area contributed by atoms with Crippen molar-refractivity contribution in [3.8, 4) is 0 Å². The van der Waals surface area contributed by atoms with Crippen molar-refractivity contribution >= 4 is 22.9 Å². The maximum absolute atomic E-state index is 5.65. The summed E-state index contributed by atoms with van der Waals surface area (Å²) < 4.78 is 0. The molecule has 4 heteroatoms. The third-order valence-electron chi connectivity index (χ3n) is 1.75. The van der Waals surface area contributed by atoms with Gasteiger partial charge in [-0.3, -0.25) is 0 Å². The maximum atomic E-state index is 5.65. The Hall–Kier alpha value is -0.800. The smallest absolute Gasteiger partial charge is 0.111 e. The molecule has 0 atom stereocenters. The highest BCUT2D eigenvalue weighted by Gasteiger charge is 2.01. The van der Waals surface area contributed by atoms with Crippen LogP contribution in [0.5, 0.6) is 0 Å². The Morgan fingerprint density at radius 1 is 1.54 bits per heavy atom. The van der Waals surface area contributed by atoms with Crippen LogP contribution in [0.4, 0.5) is 0 Å². The molecule has 0 spiro atoms. The van der Waals surface area contributed by atoms with Gasteiger partial charge >= 0.3 is 0 Å². The molecule has 2 heterocycles. The second kappa shape index (κ2) is 3.94. The van der Waals surface area contributed by atoms with E-state index in [-0.39, 0.29) is 0 Å². The lowest BCUT2D eigenvalue weighted by atomic mass is 10.3. The van der Waals surface area contributed by atoms with Crippen LogP contribution in [0.15, 0.2) is 23.7 Å². The van der Waals surface area contributed by atoms with Crippen LogP contribution in [-0.2, 0) is 12.3 Å². The number of halogens is 1. The monoisotopic (exact) mass is 212 g/mol. The molecule has 2 nitrogen and oxygen atoms in total. The number of aromatic nitrogens is 2. The highest BCUT2D eigenvalue weighted by molar-refractivity contribution is 7.09. The number of thiophene rings is 1. The summed E-state index contributed by atoms with van der Waals surface area (Å²) >= 11 is 7.40. The average Bonchev–Trinajstić information content (AvgIpc) is 2.76. The lowest BCUT2D eigenvalue weighted by Gasteiger charge is -1.91. The van der Waals surface area contributed by atoms with Gasteiger partial charge in [0.15, 0.2) is 0 Å². The fraction of sp³-hybridized carbons (Fsp3) is 0.222. The zero-order valence-electron chi connectivity index (χ0n) is 6.96. The first-order valence-electron chi connectivity index (χ1n) is 3.99. The molecule has 1 N–H and O–H groups in total. The Kier molecular flexibility index (Phi) is 2.66. The molecule has 0 amide bonds. The summed E-state index contributed by atoms with van der Waals surface area (Å²) in [7, 11) is 0. The molecule has 0 fully saturated rings. The number of rotatable bonds is 3. The van der Waals surface area contributed by atoms with Gasteiger partial charge in [-0.2, -0.15) is 0 Å². The van der Waals surface area contributed by atoms with Gasteiger partial charge in [0.2, 0.25) is 0 Å². The number of imidazole rings is 1. The molecule has 0 unspecified atom stereocenters. The standard InChI is InChI=1S/C9H9ClN2S/c10-5-7-6-11-9(12-7)4-8-2-1-3-13-8/h1-3,6H,4-5H2,(H,11,12). The van der Waals surface area contributed by atoms with Crippen LogP contribution in [0.1, 0.15) is 16.4 Å². The van der Waals surface area contributed by atoms with E-state index in [1.807, 2.05) is 6.07 Å². The van der Waals surface area contributed by atoms with Crippen LogP contribution < -0.4 is 0 Å². The minimum atomic E-state index is 0.497. The molecule has 2 rings (SSSR count). The average molecular weight is 213 g/mol. The van der Waals surface area contributed by atoms with Gasteiger partial charge in [0.1, 0.15) is 5.82 Å². The van der Waals surface area contributed by atoms with Crippen molar-refractivity contribution in [2.75, 3.05) is 0 Å². The number of nitrogens with zero attached hydrogens (tertiary/aromatic N) is 1. The summed E-state index contributed by atoms with van der Waals surface area (Å²) in [4.78, 5) is 8.71. The molecule has 0 aliphatic carbocycles. The van der Waals surface area contributed by atoms with E-state index in [9.17, 15) is 0 Å². The van der Waals surface area contributed by atoms with Crippen molar-refractivity contribution in [2.24, 2.45) is 0 Å². The first-order chi connectivity index (χ1) is 6.38. The summed E-state index contributed by atoms with van der Waals surface area (Å²) in [5.41, 5.74) is 0.980. The second-order valence-electron chi connectivity index (χ2n) is 2.74. The van der Waals surface area contributed by atoms with Crippen molar-refractivity contribution in [2.45, 2.75) is 12.3 Å². The molecule has 0 radical (unpaired) electrons. The summed E-state index contributed by atoms with van der Waals surface area (Å²) in [6.07, 6.45) is 2.66. The van der Waals surface area contributed by atoms with Crippen molar-refractivity contribution in [1.82, 2.24) is 9.97 Å². The van der Waals surface area contributed by atoms with Crippen LogP contribution >= 0.6 is 22.9 Å². The van der Waals surface area contributed by atoms with E-state index in [0.29, 0.717) is 5.88 Å². The van der Waals surface area contributed by atoms with Gasteiger partial charge in [0.25, 0.3) is 0 Å². The van der Waals surface area contributed by atoms with Crippen LogP contribution in [0, 0.1) is 0 Å². The van der Waals surface area contributed by atoms with Gasteiger partial charge in [0, 0.05) is 23.2 Å². The molecule has 13 heavy (non-hydrogen) atoms. The maximum Gasteiger partial charge on any atom is 0.111 e. The van der Waals surface area contributed by atoms with E-state index in [4.69, 9.17) is 11.6 Å². The number of hydrogen-bond donors (Lipinski definition) is 1. The molecule has 2 aromatic rings. The molecule has 0 aliphatic heterocycles. The molecular weight excluding hydrogens is 204 g/mol. The first-order valence-corrected chi connectivity index (χ1v) is 5.41. The normalized spacial score (nSPS) is 10.5. The van der Waals surface area contributed by atoms with E-state index in [0.717, 1.165) is 17.9 Å². The Morgan fingerprint density at radius 3 is 3.08 bits per heavy atom. The number of H-pyrrole nitrogens is 1. The number of nitrogens with one attached hydrogen (secondary N) is 1. The molecule has 0 saturated carbocycles. The van der Waals surface area contributed by atoms with Crippen LogP contribution in [0.25, 0.3) is 0 Å². The molecule has 0 bridgehead atoms. The highest BCUT2D eigenvalue weighted by atomic mass is 35.5. The van der Waals surface area contributed by atoms with E-state index in [1.54, 1.807) is 17.5 Å². The molecular formula is C9H9ClN2S. The minimum Gasteiger partial charge on any atom is -0.345 e. The highest BCUT2D eigenvalue weighted by Crippen LogP contribution is 2.13. The van der Waals surface area contributed by atoms with Gasteiger partial charge in [-0.15, -0.1) is 22.9 Å². The Bertz CT molecular complexity index is 367. The zero-order chi connectivity index (χ0) is 9.10. The van der Waals surface area contributed by atoms with Crippen molar-refractivity contribution in [3.63, 3.8) is 0 Å². The third-order valence-corrected chi connectivity index (χ3v) is 2.91. The molecule has 0 aromatic carbocycles. The SMILES string of the molecule is ClCc1cnc(Cc2cccs2)[nH]1. The van der Waals surface area contributed by atoms with Gasteiger partial charge in [0.05, 0.1) is 5.88 Å².